The summed E-state index contributed by atoms with van der Waals surface area (Å²) in [4.78, 5) is 28.7. The first-order valence-electron chi connectivity index (χ1n) is 10.9. The van der Waals surface area contributed by atoms with Crippen molar-refractivity contribution in [2.45, 2.75) is 5.66 Å². The largest absolute Gasteiger partial charge is 0.342 e. The molecule has 1 amide bonds. The van der Waals surface area contributed by atoms with Crippen LogP contribution >= 0.6 is 7.26 Å². The maximum Gasteiger partial charge on any atom is 0.294 e. The number of carbonyl (C=O) groups excluding carboxylic acids is 2. The minimum absolute atomic E-state index is 0.393. The van der Waals surface area contributed by atoms with Crippen molar-refractivity contribution in [2.24, 2.45) is 0 Å². The van der Waals surface area contributed by atoms with Gasteiger partial charge in [-0.2, -0.15) is 0 Å². The number of carbonyl (C=O) groups is 2. The maximum absolute atomic E-state index is 14.1. The number of rotatable bonds is 7. The van der Waals surface area contributed by atoms with Crippen LogP contribution in [0.2, 0.25) is 0 Å². The fraction of sp³-hybridized carbons (Fsp3) is 0.103. The molecule has 4 aromatic carbocycles. The van der Waals surface area contributed by atoms with Gasteiger partial charge >= 0.3 is 0 Å². The number of amides is 1. The van der Waals surface area contributed by atoms with Gasteiger partial charge in [-0.05, 0) is 36.4 Å². The lowest BCUT2D eigenvalue weighted by Gasteiger charge is -2.34. The summed E-state index contributed by atoms with van der Waals surface area (Å²) in [7, 11) is 0.638. The Morgan fingerprint density at radius 2 is 0.909 bits per heavy atom. The summed E-state index contributed by atoms with van der Waals surface area (Å²) in [5.41, 5.74) is 0.198. The van der Waals surface area contributed by atoms with Crippen molar-refractivity contribution in [2.75, 3.05) is 14.1 Å². The number of benzene rings is 4. The monoisotopic (exact) mass is 452 g/mol. The Kier molecular flexibility index (Phi) is 6.82. The first-order chi connectivity index (χ1) is 16.1. The van der Waals surface area contributed by atoms with E-state index in [4.69, 9.17) is 0 Å². The molecule has 4 aromatic rings. The smallest absolute Gasteiger partial charge is 0.294 e. The highest BCUT2D eigenvalue weighted by Gasteiger charge is 2.57. The first-order valence-corrected chi connectivity index (χ1v) is 12.8. The molecule has 33 heavy (non-hydrogen) atoms. The van der Waals surface area contributed by atoms with Gasteiger partial charge < -0.3 is 4.90 Å². The molecule has 1 unspecified atom stereocenters. The van der Waals surface area contributed by atoms with Gasteiger partial charge in [0.05, 0.1) is 0 Å². The van der Waals surface area contributed by atoms with Crippen molar-refractivity contribution in [1.82, 2.24) is 4.90 Å². The molecule has 0 fully saturated rings. The topological polar surface area (TPSA) is 37.4 Å². The minimum Gasteiger partial charge on any atom is -0.342 e. The number of likely N-dealkylation sites (N-methyl/N-ethyl adjacent to an activating group) is 1. The number of nitrogens with zero attached hydrogens (tertiary/aromatic N) is 1. The quantitative estimate of drug-likeness (QED) is 0.308. The molecule has 0 N–H and O–H groups in total. The molecule has 0 aliphatic heterocycles. The molecule has 164 valence electrons. The van der Waals surface area contributed by atoms with Crippen molar-refractivity contribution in [1.29, 1.82) is 0 Å². The van der Waals surface area contributed by atoms with Gasteiger partial charge in [0.1, 0.15) is 23.2 Å². The van der Waals surface area contributed by atoms with Gasteiger partial charge in [-0.1, -0.05) is 84.9 Å². The van der Waals surface area contributed by atoms with Crippen LogP contribution in [0.25, 0.3) is 0 Å². The summed E-state index contributed by atoms with van der Waals surface area (Å²) in [6, 6.07) is 40.3. The Morgan fingerprint density at radius 1 is 0.576 bits per heavy atom. The Bertz CT molecular complexity index is 1110. The average Bonchev–Trinajstić information content (AvgIpc) is 2.88. The van der Waals surface area contributed by atoms with E-state index in [1.54, 1.807) is 14.1 Å². The van der Waals surface area contributed by atoms with E-state index < -0.39 is 24.6 Å². The SMILES string of the molecule is CN(C)C(=O)C(=O)C(c1ccccc1)[P+](c1ccccc1)(c1ccccc1)c1ccccc1. The number of hydrogen-bond acceptors (Lipinski definition) is 2. The zero-order chi connectivity index (χ0) is 23.3. The van der Waals surface area contributed by atoms with Gasteiger partial charge in [0.15, 0.2) is 5.66 Å². The van der Waals surface area contributed by atoms with Gasteiger partial charge in [-0.15, -0.1) is 0 Å². The second-order valence-corrected chi connectivity index (χ2v) is 11.6. The highest BCUT2D eigenvalue weighted by Crippen LogP contribution is 2.67. The number of ketones is 1. The molecular formula is C29H27NO2P+. The summed E-state index contributed by atoms with van der Waals surface area (Å²) in [6.07, 6.45) is 0. The molecule has 4 rings (SSSR count). The zero-order valence-electron chi connectivity index (χ0n) is 18.8. The van der Waals surface area contributed by atoms with E-state index in [0.717, 1.165) is 21.5 Å². The second kappa shape index (κ2) is 9.94. The predicted molar refractivity (Wildman–Crippen MR) is 138 cm³/mol. The first kappa shape index (κ1) is 22.6. The van der Waals surface area contributed by atoms with Crippen LogP contribution in [0.1, 0.15) is 11.2 Å². The van der Waals surface area contributed by atoms with E-state index in [1.807, 2.05) is 84.9 Å². The van der Waals surface area contributed by atoms with E-state index in [-0.39, 0.29) is 0 Å². The third-order valence-corrected chi connectivity index (χ3v) is 10.5. The molecule has 4 heteroatoms. The Morgan fingerprint density at radius 3 is 1.24 bits per heavy atom. The number of Topliss-reactive ketones (excluding diaryl/α,β-unsaturated/α-hetero) is 1. The average molecular weight is 453 g/mol. The van der Waals surface area contributed by atoms with Crippen molar-refractivity contribution in [3.63, 3.8) is 0 Å². The molecule has 0 aliphatic rings. The van der Waals surface area contributed by atoms with Crippen molar-refractivity contribution in [3.8, 4) is 0 Å². The molecular weight excluding hydrogens is 425 g/mol. The molecule has 0 heterocycles. The van der Waals surface area contributed by atoms with E-state index in [9.17, 15) is 9.59 Å². The third-order valence-electron chi connectivity index (χ3n) is 5.86. The summed E-state index contributed by atoms with van der Waals surface area (Å²) in [5.74, 6) is -0.882. The normalized spacial score (nSPS) is 12.1. The van der Waals surface area contributed by atoms with Gasteiger partial charge in [-0.3, -0.25) is 9.59 Å². The fourth-order valence-electron chi connectivity index (χ4n) is 4.41. The summed E-state index contributed by atoms with van der Waals surface area (Å²) < 4.78 is 0. The highest BCUT2D eigenvalue weighted by atomic mass is 31.2. The van der Waals surface area contributed by atoms with Gasteiger partial charge in [0, 0.05) is 19.7 Å². The third kappa shape index (κ3) is 4.25. The minimum atomic E-state index is -2.63. The van der Waals surface area contributed by atoms with Crippen LogP contribution in [-0.2, 0) is 9.59 Å². The summed E-state index contributed by atoms with van der Waals surface area (Å²) >= 11 is 0. The van der Waals surface area contributed by atoms with E-state index in [1.165, 1.54) is 4.90 Å². The van der Waals surface area contributed by atoms with Crippen LogP contribution in [0.4, 0.5) is 0 Å². The van der Waals surface area contributed by atoms with E-state index in [2.05, 4.69) is 36.4 Å². The summed E-state index contributed by atoms with van der Waals surface area (Å²) in [5, 5.41) is 3.20. The molecule has 0 saturated carbocycles. The van der Waals surface area contributed by atoms with E-state index >= 15 is 0 Å². The highest BCUT2D eigenvalue weighted by molar-refractivity contribution is 7.96. The lowest BCUT2D eigenvalue weighted by Crippen LogP contribution is -2.42. The number of hydrogen-bond donors (Lipinski definition) is 0. The van der Waals surface area contributed by atoms with Crippen LogP contribution < -0.4 is 15.9 Å². The maximum atomic E-state index is 14.1. The Balaban J connectivity index is 2.16. The van der Waals surface area contributed by atoms with Crippen LogP contribution in [0.3, 0.4) is 0 Å². The van der Waals surface area contributed by atoms with Crippen LogP contribution in [0.15, 0.2) is 121 Å². The molecule has 0 bridgehead atoms. The Labute approximate surface area is 196 Å². The molecule has 0 radical (unpaired) electrons. The summed E-state index contributed by atoms with van der Waals surface area (Å²) in [6.45, 7) is 0. The van der Waals surface area contributed by atoms with Crippen molar-refractivity contribution >= 4 is 34.9 Å². The molecule has 1 atom stereocenters. The van der Waals surface area contributed by atoms with Crippen LogP contribution in [0.5, 0.6) is 0 Å². The van der Waals surface area contributed by atoms with Crippen LogP contribution in [-0.4, -0.2) is 30.7 Å². The fourth-order valence-corrected chi connectivity index (χ4v) is 9.20. The molecule has 0 aliphatic carbocycles. The van der Waals surface area contributed by atoms with Crippen molar-refractivity contribution < 1.29 is 9.59 Å². The van der Waals surface area contributed by atoms with E-state index in [0.29, 0.717) is 0 Å². The second-order valence-electron chi connectivity index (χ2n) is 8.11. The zero-order valence-corrected chi connectivity index (χ0v) is 19.7. The van der Waals surface area contributed by atoms with Crippen LogP contribution in [0, 0.1) is 0 Å². The molecule has 0 saturated heterocycles. The standard InChI is InChI=1S/C29H27NO2P/c1-30(2)29(32)27(31)28(23-15-7-3-8-16-23)33(24-17-9-4-10-18-24,25-19-11-5-12-20-25)26-21-13-6-14-22-26/h3-22,28H,1-2H3/q+1. The predicted octanol–water partition coefficient (Wildman–Crippen LogP) is 4.38. The molecule has 0 aromatic heterocycles. The van der Waals surface area contributed by atoms with Crippen molar-refractivity contribution in [3.05, 3.63) is 127 Å². The lowest BCUT2D eigenvalue weighted by atomic mass is 10.1. The molecule has 3 nitrogen and oxygen atoms in total. The van der Waals surface area contributed by atoms with Gasteiger partial charge in [0.2, 0.25) is 0 Å². The molecule has 0 spiro atoms. The van der Waals surface area contributed by atoms with Gasteiger partial charge in [0.25, 0.3) is 11.7 Å². The lowest BCUT2D eigenvalue weighted by molar-refractivity contribution is -0.142. The van der Waals surface area contributed by atoms with Gasteiger partial charge in [-0.25, -0.2) is 0 Å². The Hall–Kier alpha value is -3.55.